The van der Waals surface area contributed by atoms with E-state index in [-0.39, 0.29) is 42.5 Å². The molecule has 2 aromatic heterocycles. The van der Waals surface area contributed by atoms with Gasteiger partial charge in [0.25, 0.3) is 11.1 Å². The van der Waals surface area contributed by atoms with Crippen molar-refractivity contribution in [1.82, 2.24) is 19.5 Å². The van der Waals surface area contributed by atoms with Gasteiger partial charge < -0.3 is 25.5 Å². The lowest BCUT2D eigenvalue weighted by atomic mass is 10.1. The molecule has 2 rings (SSSR count). The van der Waals surface area contributed by atoms with Crippen LogP contribution < -0.4 is 16.8 Å². The van der Waals surface area contributed by atoms with E-state index in [2.05, 4.69) is 9.97 Å². The summed E-state index contributed by atoms with van der Waals surface area (Å²) in [4.78, 5) is 55.3. The third-order valence-electron chi connectivity index (χ3n) is 4.31. The molecule has 160 valence electrons. The van der Waals surface area contributed by atoms with Crippen LogP contribution in [0.2, 0.25) is 0 Å². The van der Waals surface area contributed by atoms with Gasteiger partial charge >= 0.3 is 11.7 Å². The molecule has 3 atom stereocenters. The number of hydrogen-bond donors (Lipinski definition) is 7. The quantitative estimate of drug-likeness (QED) is 0.191. The van der Waals surface area contributed by atoms with Crippen molar-refractivity contribution >= 4 is 17.1 Å². The van der Waals surface area contributed by atoms with Crippen molar-refractivity contribution in [3.05, 3.63) is 36.9 Å². The van der Waals surface area contributed by atoms with Crippen molar-refractivity contribution < 1.29 is 30.3 Å². The molecule has 0 spiro atoms. The summed E-state index contributed by atoms with van der Waals surface area (Å²) in [6.07, 6.45) is -4.72. The third kappa shape index (κ3) is 5.35. The normalized spacial score (nSPS) is 14.6. The number of carboxylic acids is 1. The van der Waals surface area contributed by atoms with Crippen LogP contribution in [0.4, 0.5) is 0 Å². The predicted molar refractivity (Wildman–Crippen MR) is 97.5 cm³/mol. The van der Waals surface area contributed by atoms with Crippen LogP contribution in [0.1, 0.15) is 25.0 Å². The van der Waals surface area contributed by atoms with Gasteiger partial charge in [-0.1, -0.05) is 0 Å². The van der Waals surface area contributed by atoms with Gasteiger partial charge in [-0.3, -0.25) is 28.9 Å². The van der Waals surface area contributed by atoms with Crippen molar-refractivity contribution in [3.8, 4) is 0 Å². The van der Waals surface area contributed by atoms with E-state index >= 15 is 0 Å². The number of aliphatic carboxylic acids is 1. The minimum Gasteiger partial charge on any atom is -0.481 e. The van der Waals surface area contributed by atoms with Crippen molar-refractivity contribution in [2.45, 2.75) is 50.5 Å². The van der Waals surface area contributed by atoms with E-state index in [1.807, 2.05) is 4.98 Å². The Kier molecular flexibility index (Phi) is 7.39. The SMILES string of the molecule is O=C(O)CCCCc1nc2c(=O)[nH]c(=O)[nH]c2n(C[C@H](O)[C@H](O)[C@H](O)CO)c1=O. The van der Waals surface area contributed by atoms with Crippen LogP contribution in [-0.4, -0.2) is 75.9 Å². The molecule has 2 heterocycles. The number of rotatable bonds is 10. The average Bonchev–Trinajstić information content (AvgIpc) is 2.66. The zero-order valence-electron chi connectivity index (χ0n) is 15.2. The second-order valence-corrected chi connectivity index (χ2v) is 6.49. The number of nitrogens with zero attached hydrogens (tertiary/aromatic N) is 2. The molecule has 2 aromatic rings. The number of carboxylic acid groups (broad SMARTS) is 1. The zero-order valence-corrected chi connectivity index (χ0v) is 15.2. The number of aryl methyl sites for hydroxylation is 1. The minimum absolute atomic E-state index is 0.0402. The van der Waals surface area contributed by atoms with E-state index in [0.717, 1.165) is 4.57 Å². The lowest BCUT2D eigenvalue weighted by Crippen LogP contribution is -2.44. The van der Waals surface area contributed by atoms with Crippen molar-refractivity contribution in [2.24, 2.45) is 0 Å². The molecule has 13 heteroatoms. The first-order chi connectivity index (χ1) is 13.6. The maximum Gasteiger partial charge on any atom is 0.327 e. The van der Waals surface area contributed by atoms with Crippen molar-refractivity contribution in [3.63, 3.8) is 0 Å². The monoisotopic (exact) mass is 414 g/mol. The Labute approximate surface area is 161 Å². The Hall–Kier alpha value is -2.87. The van der Waals surface area contributed by atoms with Crippen LogP contribution in [0.15, 0.2) is 14.4 Å². The highest BCUT2D eigenvalue weighted by molar-refractivity contribution is 5.68. The second-order valence-electron chi connectivity index (χ2n) is 6.49. The van der Waals surface area contributed by atoms with Gasteiger partial charge in [0.2, 0.25) is 0 Å². The van der Waals surface area contributed by atoms with Gasteiger partial charge in [-0.15, -0.1) is 0 Å². The molecule has 0 amide bonds. The van der Waals surface area contributed by atoms with E-state index < -0.39 is 54.2 Å². The first-order valence-corrected chi connectivity index (χ1v) is 8.78. The molecular weight excluding hydrogens is 392 g/mol. The Balaban J connectivity index is 2.48. The smallest absolute Gasteiger partial charge is 0.327 e. The van der Waals surface area contributed by atoms with Crippen LogP contribution >= 0.6 is 0 Å². The molecule has 0 saturated carbocycles. The molecule has 0 saturated heterocycles. The van der Waals surface area contributed by atoms with E-state index in [1.54, 1.807) is 0 Å². The maximum atomic E-state index is 12.8. The number of aliphatic hydroxyl groups excluding tert-OH is 4. The number of carbonyl (C=O) groups is 1. The Morgan fingerprint density at radius 2 is 1.76 bits per heavy atom. The number of fused-ring (bicyclic) bond motifs is 1. The van der Waals surface area contributed by atoms with Gasteiger partial charge in [-0.05, 0) is 19.3 Å². The largest absolute Gasteiger partial charge is 0.481 e. The summed E-state index contributed by atoms with van der Waals surface area (Å²) in [5.74, 6) is -0.998. The van der Waals surface area contributed by atoms with E-state index in [9.17, 15) is 34.5 Å². The third-order valence-corrected chi connectivity index (χ3v) is 4.31. The Bertz CT molecular complexity index is 1040. The first kappa shape index (κ1) is 22.4. The van der Waals surface area contributed by atoms with Gasteiger partial charge in [0.05, 0.1) is 13.2 Å². The topological polar surface area (TPSA) is 219 Å². The molecule has 0 fully saturated rings. The molecule has 0 aliphatic heterocycles. The van der Waals surface area contributed by atoms with Gasteiger partial charge in [-0.2, -0.15) is 0 Å². The number of aromatic amines is 2. The second kappa shape index (κ2) is 9.56. The summed E-state index contributed by atoms with van der Waals surface area (Å²) >= 11 is 0. The van der Waals surface area contributed by atoms with Crippen LogP contribution in [0, 0.1) is 0 Å². The number of unbranched alkanes of at least 4 members (excludes halogenated alkanes) is 1. The molecule has 0 aromatic carbocycles. The van der Waals surface area contributed by atoms with Gasteiger partial charge in [0, 0.05) is 6.42 Å². The lowest BCUT2D eigenvalue weighted by molar-refractivity contribution is -0.137. The van der Waals surface area contributed by atoms with E-state index in [0.29, 0.717) is 0 Å². The summed E-state index contributed by atoms with van der Waals surface area (Å²) in [5, 5.41) is 47.0. The molecule has 29 heavy (non-hydrogen) atoms. The maximum absolute atomic E-state index is 12.8. The Morgan fingerprint density at radius 3 is 2.38 bits per heavy atom. The first-order valence-electron chi connectivity index (χ1n) is 8.78. The lowest BCUT2D eigenvalue weighted by Gasteiger charge is -2.22. The average molecular weight is 414 g/mol. The van der Waals surface area contributed by atoms with Gasteiger partial charge in [0.15, 0.2) is 5.52 Å². The number of aromatic nitrogens is 4. The number of nitrogens with one attached hydrogen (secondary N) is 2. The highest BCUT2D eigenvalue weighted by atomic mass is 16.4. The van der Waals surface area contributed by atoms with E-state index in [4.69, 9.17) is 10.2 Å². The van der Waals surface area contributed by atoms with Crippen LogP contribution in [0.25, 0.3) is 11.2 Å². The fraction of sp³-hybridized carbons (Fsp3) is 0.562. The molecule has 7 N–H and O–H groups in total. The summed E-state index contributed by atoms with van der Waals surface area (Å²) in [6.45, 7) is -1.45. The highest BCUT2D eigenvalue weighted by Gasteiger charge is 2.26. The summed E-state index contributed by atoms with van der Waals surface area (Å²) in [7, 11) is 0. The van der Waals surface area contributed by atoms with E-state index in [1.165, 1.54) is 0 Å². The molecule has 0 unspecified atom stereocenters. The molecular formula is C16H22N4O9. The number of H-pyrrole nitrogens is 2. The Morgan fingerprint density at radius 1 is 1.07 bits per heavy atom. The summed E-state index contributed by atoms with van der Waals surface area (Å²) in [5.41, 5.74) is -3.24. The van der Waals surface area contributed by atoms with Gasteiger partial charge in [-0.25, -0.2) is 9.78 Å². The highest BCUT2D eigenvalue weighted by Crippen LogP contribution is 2.09. The fourth-order valence-electron chi connectivity index (χ4n) is 2.77. The van der Waals surface area contributed by atoms with Gasteiger partial charge in [0.1, 0.15) is 29.7 Å². The van der Waals surface area contributed by atoms with Crippen molar-refractivity contribution in [1.29, 1.82) is 0 Å². The predicted octanol–water partition coefficient (Wildman–Crippen LogP) is -3.35. The van der Waals surface area contributed by atoms with Crippen LogP contribution in [0.5, 0.6) is 0 Å². The molecule has 0 aliphatic rings. The number of aliphatic hydroxyl groups is 4. The minimum atomic E-state index is -1.80. The molecule has 0 radical (unpaired) electrons. The van der Waals surface area contributed by atoms with Crippen LogP contribution in [-0.2, 0) is 17.8 Å². The van der Waals surface area contributed by atoms with Crippen molar-refractivity contribution in [2.75, 3.05) is 6.61 Å². The number of hydrogen-bond acceptors (Lipinski definition) is 9. The van der Waals surface area contributed by atoms with Crippen LogP contribution in [0.3, 0.4) is 0 Å². The molecule has 0 aliphatic carbocycles. The molecule has 13 nitrogen and oxygen atoms in total. The molecule has 0 bridgehead atoms. The summed E-state index contributed by atoms with van der Waals surface area (Å²) in [6, 6.07) is 0. The fourth-order valence-corrected chi connectivity index (χ4v) is 2.77. The standard InChI is InChI=1S/C16H22N4O9/c21-6-9(23)12(26)8(22)5-20-13-11(14(27)19-16(29)18-13)17-7(15(20)28)3-1-2-4-10(24)25/h8-9,12,21-23,26H,1-6H2,(H,24,25)(H2,18,19,27,29)/t8-,9+,12-/m0/s1. The summed E-state index contributed by atoms with van der Waals surface area (Å²) < 4.78 is 0.837. The zero-order chi connectivity index (χ0) is 21.7.